The zero-order valence-electron chi connectivity index (χ0n) is 17.4. The van der Waals surface area contributed by atoms with Crippen molar-refractivity contribution >= 4 is 11.3 Å². The second-order valence-corrected chi connectivity index (χ2v) is 9.38. The second-order valence-electron chi connectivity index (χ2n) is 8.48. The summed E-state index contributed by atoms with van der Waals surface area (Å²) in [5, 5.41) is 3.07. The standard InChI is InChI=1S/C25H29N3OS/c1-29-22-12-11-18(25-27-13-14-30-25)15-19(22)16-28-21-10-6-5-9-20(21)23(26)24(28)17-7-3-2-4-8-17/h2-4,7-8,11-15,20-21,23-24H,5-6,9-10,16,26H2,1H3/t20?,21?,23-,24-/m0/s1. The number of likely N-dealkylation sites (tertiary alicyclic amines) is 1. The molecule has 2 heterocycles. The highest BCUT2D eigenvalue weighted by Gasteiger charge is 2.48. The first-order chi connectivity index (χ1) is 14.8. The van der Waals surface area contributed by atoms with E-state index in [0.717, 1.165) is 22.9 Å². The van der Waals surface area contributed by atoms with E-state index in [9.17, 15) is 0 Å². The second kappa shape index (κ2) is 8.50. The number of ether oxygens (including phenoxy) is 1. The van der Waals surface area contributed by atoms with E-state index in [1.807, 2.05) is 11.6 Å². The smallest absolute Gasteiger partial charge is 0.123 e. The zero-order valence-corrected chi connectivity index (χ0v) is 18.2. The molecule has 4 nitrogen and oxygen atoms in total. The van der Waals surface area contributed by atoms with Gasteiger partial charge in [-0.1, -0.05) is 43.2 Å². The maximum absolute atomic E-state index is 6.91. The average Bonchev–Trinajstić information content (AvgIpc) is 3.42. The molecule has 0 amide bonds. The van der Waals surface area contributed by atoms with Crippen molar-refractivity contribution in [2.45, 2.75) is 50.4 Å². The van der Waals surface area contributed by atoms with Crippen LogP contribution < -0.4 is 10.5 Å². The van der Waals surface area contributed by atoms with Gasteiger partial charge in [0.2, 0.25) is 0 Å². The van der Waals surface area contributed by atoms with E-state index in [1.165, 1.54) is 36.8 Å². The first-order valence-corrected chi connectivity index (χ1v) is 11.8. The van der Waals surface area contributed by atoms with Gasteiger partial charge in [-0.25, -0.2) is 4.98 Å². The summed E-state index contributed by atoms with van der Waals surface area (Å²) in [6.45, 7) is 0.844. The zero-order chi connectivity index (χ0) is 20.5. The first kappa shape index (κ1) is 19.7. The van der Waals surface area contributed by atoms with E-state index in [4.69, 9.17) is 10.5 Å². The van der Waals surface area contributed by atoms with Gasteiger partial charge in [0.05, 0.1) is 13.2 Å². The van der Waals surface area contributed by atoms with Crippen molar-refractivity contribution in [2.75, 3.05) is 7.11 Å². The Labute approximate surface area is 182 Å². The molecule has 5 heteroatoms. The number of thiazole rings is 1. The molecule has 0 bridgehead atoms. The number of fused-ring (bicyclic) bond motifs is 1. The van der Waals surface area contributed by atoms with Crippen LogP contribution in [0.1, 0.15) is 42.9 Å². The largest absolute Gasteiger partial charge is 0.496 e. The molecule has 3 aromatic rings. The van der Waals surface area contributed by atoms with Crippen LogP contribution in [-0.4, -0.2) is 29.1 Å². The summed E-state index contributed by atoms with van der Waals surface area (Å²) in [5.41, 5.74) is 10.6. The number of hydrogen-bond donors (Lipinski definition) is 1. The summed E-state index contributed by atoms with van der Waals surface area (Å²) in [5.74, 6) is 1.51. The average molecular weight is 420 g/mol. The highest BCUT2D eigenvalue weighted by Crippen LogP contribution is 2.47. The Morgan fingerprint density at radius 2 is 1.97 bits per heavy atom. The number of hydrogen-bond acceptors (Lipinski definition) is 5. The lowest BCUT2D eigenvalue weighted by Gasteiger charge is -2.34. The van der Waals surface area contributed by atoms with E-state index < -0.39 is 0 Å². The first-order valence-electron chi connectivity index (χ1n) is 10.9. The number of aromatic nitrogens is 1. The Balaban J connectivity index is 1.53. The molecule has 1 saturated heterocycles. The molecule has 2 fully saturated rings. The molecule has 2 N–H and O–H groups in total. The van der Waals surface area contributed by atoms with Crippen molar-refractivity contribution in [2.24, 2.45) is 11.7 Å². The van der Waals surface area contributed by atoms with Crippen molar-refractivity contribution in [1.82, 2.24) is 9.88 Å². The highest BCUT2D eigenvalue weighted by atomic mass is 32.1. The predicted octanol–water partition coefficient (Wildman–Crippen LogP) is 5.26. The van der Waals surface area contributed by atoms with E-state index in [-0.39, 0.29) is 12.1 Å². The molecule has 156 valence electrons. The number of benzene rings is 2. The molecule has 2 unspecified atom stereocenters. The van der Waals surface area contributed by atoms with Gasteiger partial charge in [-0.3, -0.25) is 4.90 Å². The van der Waals surface area contributed by atoms with Crippen LogP contribution in [0.4, 0.5) is 0 Å². The summed E-state index contributed by atoms with van der Waals surface area (Å²) in [4.78, 5) is 7.16. The number of methoxy groups -OCH3 is 1. The maximum atomic E-state index is 6.91. The Bertz CT molecular complexity index is 975. The van der Waals surface area contributed by atoms with Gasteiger partial charge < -0.3 is 10.5 Å². The van der Waals surface area contributed by atoms with Gasteiger partial charge >= 0.3 is 0 Å². The van der Waals surface area contributed by atoms with Crippen LogP contribution in [0.5, 0.6) is 5.75 Å². The lowest BCUT2D eigenvalue weighted by atomic mass is 9.81. The highest BCUT2D eigenvalue weighted by molar-refractivity contribution is 7.13. The molecule has 1 aliphatic carbocycles. The fourth-order valence-electron chi connectivity index (χ4n) is 5.54. The van der Waals surface area contributed by atoms with E-state index >= 15 is 0 Å². The van der Waals surface area contributed by atoms with E-state index in [2.05, 4.69) is 58.4 Å². The van der Waals surface area contributed by atoms with Crippen LogP contribution in [0.15, 0.2) is 60.1 Å². The van der Waals surface area contributed by atoms with Crippen LogP contribution in [0, 0.1) is 5.92 Å². The summed E-state index contributed by atoms with van der Waals surface area (Å²) >= 11 is 1.67. The molecule has 1 saturated carbocycles. The third-order valence-corrected chi connectivity index (χ3v) is 7.70. The van der Waals surface area contributed by atoms with Gasteiger partial charge in [-0.15, -0.1) is 11.3 Å². The summed E-state index contributed by atoms with van der Waals surface area (Å²) in [7, 11) is 1.76. The molecule has 2 aromatic carbocycles. The molecule has 1 aliphatic heterocycles. The van der Waals surface area contributed by atoms with Gasteiger partial charge in [0.25, 0.3) is 0 Å². The Morgan fingerprint density at radius 3 is 2.73 bits per heavy atom. The topological polar surface area (TPSA) is 51.4 Å². The molecule has 2 aliphatic rings. The molecule has 4 atom stereocenters. The van der Waals surface area contributed by atoms with Gasteiger partial charge in [0, 0.05) is 41.3 Å². The summed E-state index contributed by atoms with van der Waals surface area (Å²) < 4.78 is 5.76. The van der Waals surface area contributed by atoms with Crippen molar-refractivity contribution in [3.8, 4) is 16.3 Å². The van der Waals surface area contributed by atoms with Gasteiger partial charge in [0.15, 0.2) is 0 Å². The van der Waals surface area contributed by atoms with Crippen LogP contribution >= 0.6 is 11.3 Å². The predicted molar refractivity (Wildman–Crippen MR) is 123 cm³/mol. The van der Waals surface area contributed by atoms with Gasteiger partial charge in [0.1, 0.15) is 10.8 Å². The van der Waals surface area contributed by atoms with Gasteiger partial charge in [-0.2, -0.15) is 0 Å². The quantitative estimate of drug-likeness (QED) is 0.613. The Kier molecular flexibility index (Phi) is 5.59. The lowest BCUT2D eigenvalue weighted by Crippen LogP contribution is -2.35. The summed E-state index contributed by atoms with van der Waals surface area (Å²) in [6, 6.07) is 18.2. The third-order valence-electron chi connectivity index (χ3n) is 6.88. The molecule has 0 spiro atoms. The minimum atomic E-state index is 0.172. The maximum Gasteiger partial charge on any atom is 0.123 e. The minimum Gasteiger partial charge on any atom is -0.496 e. The van der Waals surface area contributed by atoms with Crippen molar-refractivity contribution in [1.29, 1.82) is 0 Å². The van der Waals surface area contributed by atoms with Crippen molar-refractivity contribution in [3.05, 3.63) is 71.2 Å². The van der Waals surface area contributed by atoms with Crippen molar-refractivity contribution < 1.29 is 4.74 Å². The van der Waals surface area contributed by atoms with Crippen molar-refractivity contribution in [3.63, 3.8) is 0 Å². The minimum absolute atomic E-state index is 0.172. The number of nitrogens with two attached hydrogens (primary N) is 1. The molecule has 1 aromatic heterocycles. The number of rotatable bonds is 5. The lowest BCUT2D eigenvalue weighted by molar-refractivity contribution is 0.141. The molecule has 30 heavy (non-hydrogen) atoms. The molecule has 5 rings (SSSR count). The molecule has 0 radical (unpaired) electrons. The van der Waals surface area contributed by atoms with Crippen LogP contribution in [0.25, 0.3) is 10.6 Å². The molecular weight excluding hydrogens is 390 g/mol. The fourth-order valence-corrected chi connectivity index (χ4v) is 6.18. The van der Waals surface area contributed by atoms with E-state index in [0.29, 0.717) is 12.0 Å². The monoisotopic (exact) mass is 419 g/mol. The number of nitrogens with zero attached hydrogens (tertiary/aromatic N) is 2. The van der Waals surface area contributed by atoms with E-state index in [1.54, 1.807) is 18.4 Å². The normalized spacial score (nSPS) is 26.5. The Hall–Kier alpha value is -2.21. The van der Waals surface area contributed by atoms with Crippen LogP contribution in [0.3, 0.4) is 0 Å². The van der Waals surface area contributed by atoms with Crippen LogP contribution in [0.2, 0.25) is 0 Å². The SMILES string of the molecule is COc1ccc(-c2nccs2)cc1CN1C2CCCCC2[C@H](N)[C@@H]1c1ccccc1. The fraction of sp³-hybridized carbons (Fsp3) is 0.400. The van der Waals surface area contributed by atoms with Crippen LogP contribution in [-0.2, 0) is 6.54 Å². The summed E-state index contributed by atoms with van der Waals surface area (Å²) in [6.07, 6.45) is 6.93. The molecular formula is C25H29N3OS. The van der Waals surface area contributed by atoms with Gasteiger partial charge in [-0.05, 0) is 42.5 Å². The third kappa shape index (κ3) is 3.55. The Morgan fingerprint density at radius 1 is 1.13 bits per heavy atom.